The maximum absolute atomic E-state index is 12.3. The second-order valence-electron chi connectivity index (χ2n) is 7.25. The number of aliphatic carboxylic acids is 1. The van der Waals surface area contributed by atoms with Crippen LogP contribution >= 0.6 is 0 Å². The van der Waals surface area contributed by atoms with Gasteiger partial charge in [-0.2, -0.15) is 0 Å². The molecule has 0 saturated carbocycles. The zero-order chi connectivity index (χ0) is 19.5. The number of hydrogen-bond donors (Lipinski definition) is 2. The number of carboxylic acids is 1. The average Bonchev–Trinajstić information content (AvgIpc) is 2.65. The van der Waals surface area contributed by atoms with Gasteiger partial charge in [0, 0.05) is 25.8 Å². The topological polar surface area (TPSA) is 77.8 Å². The molecular formula is C22H31NO4. The molecular weight excluding hydrogens is 342 g/mol. The lowest BCUT2D eigenvalue weighted by Crippen LogP contribution is -2.43. The number of carboxylic acid groups (broad SMARTS) is 1. The molecule has 1 saturated heterocycles. The van der Waals surface area contributed by atoms with E-state index in [2.05, 4.69) is 0 Å². The summed E-state index contributed by atoms with van der Waals surface area (Å²) in [5, 5.41) is 18.9. The highest BCUT2D eigenvalue weighted by Crippen LogP contribution is 2.21. The molecule has 1 aromatic rings. The molecule has 0 bridgehead atoms. The van der Waals surface area contributed by atoms with Gasteiger partial charge in [0.25, 0.3) is 0 Å². The normalized spacial score (nSPS) is 18.8. The first-order valence-electron chi connectivity index (χ1n) is 9.98. The van der Waals surface area contributed by atoms with Gasteiger partial charge in [-0.3, -0.25) is 9.59 Å². The van der Waals surface area contributed by atoms with Crippen molar-refractivity contribution in [1.82, 2.24) is 4.90 Å². The van der Waals surface area contributed by atoms with Crippen LogP contribution < -0.4 is 0 Å². The fourth-order valence-electron chi connectivity index (χ4n) is 3.53. The van der Waals surface area contributed by atoms with E-state index in [4.69, 9.17) is 5.11 Å². The first kappa shape index (κ1) is 21.2. The number of amides is 1. The van der Waals surface area contributed by atoms with Crippen molar-refractivity contribution in [2.24, 2.45) is 0 Å². The van der Waals surface area contributed by atoms with E-state index >= 15 is 0 Å². The van der Waals surface area contributed by atoms with E-state index in [0.29, 0.717) is 25.8 Å². The van der Waals surface area contributed by atoms with Crippen LogP contribution in [0.5, 0.6) is 0 Å². The van der Waals surface area contributed by atoms with Crippen molar-refractivity contribution >= 4 is 11.9 Å². The fourth-order valence-corrected chi connectivity index (χ4v) is 3.53. The molecule has 0 aromatic heterocycles. The maximum Gasteiger partial charge on any atom is 0.303 e. The lowest BCUT2D eigenvalue weighted by molar-refractivity contribution is -0.137. The Morgan fingerprint density at radius 2 is 1.93 bits per heavy atom. The fraction of sp³-hybridized carbons (Fsp3) is 0.545. The summed E-state index contributed by atoms with van der Waals surface area (Å²) in [5.74, 6) is -0.570. The van der Waals surface area contributed by atoms with Gasteiger partial charge in [0.2, 0.25) is 5.91 Å². The monoisotopic (exact) mass is 373 g/mol. The highest BCUT2D eigenvalue weighted by Gasteiger charge is 2.25. The van der Waals surface area contributed by atoms with Gasteiger partial charge in [-0.05, 0) is 31.2 Å². The van der Waals surface area contributed by atoms with Crippen molar-refractivity contribution in [3.05, 3.63) is 48.0 Å². The SMILES string of the molecule is O=C(O)CCCCCCN1C(=O)CCC[C@@H]1C=CC(O)Cc1ccccc1. The first-order chi connectivity index (χ1) is 13.1. The Morgan fingerprint density at radius 1 is 1.19 bits per heavy atom. The van der Waals surface area contributed by atoms with Gasteiger partial charge >= 0.3 is 5.97 Å². The van der Waals surface area contributed by atoms with Gasteiger partial charge in [0.1, 0.15) is 0 Å². The highest BCUT2D eigenvalue weighted by atomic mass is 16.4. The molecule has 0 radical (unpaired) electrons. The van der Waals surface area contributed by atoms with Crippen molar-refractivity contribution < 1.29 is 19.8 Å². The number of benzene rings is 1. The Bertz CT molecular complexity index is 614. The van der Waals surface area contributed by atoms with Crippen molar-refractivity contribution in [2.45, 2.75) is 69.9 Å². The number of rotatable bonds is 11. The molecule has 2 N–H and O–H groups in total. The second kappa shape index (κ2) is 11.5. The summed E-state index contributed by atoms with van der Waals surface area (Å²) in [6.45, 7) is 0.704. The Morgan fingerprint density at radius 3 is 2.67 bits per heavy atom. The van der Waals surface area contributed by atoms with Crippen LogP contribution in [0.15, 0.2) is 42.5 Å². The molecule has 0 aliphatic carbocycles. The zero-order valence-corrected chi connectivity index (χ0v) is 15.9. The molecule has 1 aliphatic rings. The van der Waals surface area contributed by atoms with Gasteiger partial charge in [0.15, 0.2) is 0 Å². The van der Waals surface area contributed by atoms with E-state index in [1.54, 1.807) is 0 Å². The molecule has 5 heteroatoms. The highest BCUT2D eigenvalue weighted by molar-refractivity contribution is 5.77. The molecule has 1 aliphatic heterocycles. The minimum absolute atomic E-state index is 0.0516. The van der Waals surface area contributed by atoms with Crippen LogP contribution in [-0.4, -0.2) is 45.7 Å². The third kappa shape index (κ3) is 7.95. The predicted molar refractivity (Wildman–Crippen MR) is 105 cm³/mol. The van der Waals surface area contributed by atoms with Crippen LogP contribution in [-0.2, 0) is 16.0 Å². The molecule has 0 spiro atoms. The Balaban J connectivity index is 1.79. The molecule has 2 atom stereocenters. The number of unbranched alkanes of at least 4 members (excludes halogenated alkanes) is 3. The first-order valence-corrected chi connectivity index (χ1v) is 9.98. The summed E-state index contributed by atoms with van der Waals surface area (Å²) in [6, 6.07) is 9.93. The van der Waals surface area contributed by atoms with Gasteiger partial charge < -0.3 is 15.1 Å². The van der Waals surface area contributed by atoms with E-state index in [1.165, 1.54) is 0 Å². The predicted octanol–water partition coefficient (Wildman–Crippen LogP) is 3.56. The molecule has 1 fully saturated rings. The third-order valence-electron chi connectivity index (χ3n) is 4.99. The van der Waals surface area contributed by atoms with Gasteiger partial charge in [-0.15, -0.1) is 0 Å². The van der Waals surface area contributed by atoms with Crippen molar-refractivity contribution in [3.63, 3.8) is 0 Å². The van der Waals surface area contributed by atoms with E-state index in [9.17, 15) is 14.7 Å². The van der Waals surface area contributed by atoms with Crippen molar-refractivity contribution in [2.75, 3.05) is 6.54 Å². The van der Waals surface area contributed by atoms with Crippen molar-refractivity contribution in [1.29, 1.82) is 0 Å². The number of nitrogens with zero attached hydrogens (tertiary/aromatic N) is 1. The number of carbonyl (C=O) groups excluding carboxylic acids is 1. The summed E-state index contributed by atoms with van der Waals surface area (Å²) in [7, 11) is 0. The third-order valence-corrected chi connectivity index (χ3v) is 4.99. The van der Waals surface area contributed by atoms with Crippen LogP contribution in [0, 0.1) is 0 Å². The summed E-state index contributed by atoms with van der Waals surface area (Å²) >= 11 is 0. The van der Waals surface area contributed by atoms with Gasteiger partial charge in [-0.1, -0.05) is 55.3 Å². The molecule has 1 aromatic carbocycles. The van der Waals surface area contributed by atoms with Crippen LogP contribution in [0.2, 0.25) is 0 Å². The average molecular weight is 373 g/mol. The maximum atomic E-state index is 12.3. The summed E-state index contributed by atoms with van der Waals surface area (Å²) in [4.78, 5) is 24.8. The number of piperidine rings is 1. The summed E-state index contributed by atoms with van der Waals surface area (Å²) in [5.41, 5.74) is 1.09. The second-order valence-corrected chi connectivity index (χ2v) is 7.25. The molecule has 1 heterocycles. The van der Waals surface area contributed by atoms with Crippen LogP contribution in [0.4, 0.5) is 0 Å². The molecule has 27 heavy (non-hydrogen) atoms. The Hall–Kier alpha value is -2.14. The summed E-state index contributed by atoms with van der Waals surface area (Å²) < 4.78 is 0. The van der Waals surface area contributed by atoms with Crippen LogP contribution in [0.1, 0.15) is 56.9 Å². The Kier molecular flexibility index (Phi) is 9.05. The van der Waals surface area contributed by atoms with E-state index < -0.39 is 12.1 Å². The van der Waals surface area contributed by atoms with Gasteiger partial charge in [-0.25, -0.2) is 0 Å². The number of aliphatic hydroxyl groups is 1. The smallest absolute Gasteiger partial charge is 0.303 e. The minimum atomic E-state index is -0.750. The van der Waals surface area contributed by atoms with Gasteiger partial charge in [0.05, 0.1) is 12.1 Å². The lowest BCUT2D eigenvalue weighted by atomic mass is 9.99. The van der Waals surface area contributed by atoms with Crippen LogP contribution in [0.25, 0.3) is 0 Å². The molecule has 148 valence electrons. The van der Waals surface area contributed by atoms with Crippen LogP contribution in [0.3, 0.4) is 0 Å². The minimum Gasteiger partial charge on any atom is -0.481 e. The number of carbonyl (C=O) groups is 2. The van der Waals surface area contributed by atoms with E-state index in [0.717, 1.165) is 37.7 Å². The molecule has 5 nitrogen and oxygen atoms in total. The van der Waals surface area contributed by atoms with E-state index in [-0.39, 0.29) is 18.4 Å². The number of hydrogen-bond acceptors (Lipinski definition) is 3. The summed E-state index contributed by atoms with van der Waals surface area (Å²) in [6.07, 6.45) is 9.84. The lowest BCUT2D eigenvalue weighted by Gasteiger charge is -2.34. The quantitative estimate of drug-likeness (QED) is 0.459. The zero-order valence-electron chi connectivity index (χ0n) is 15.9. The van der Waals surface area contributed by atoms with E-state index in [1.807, 2.05) is 47.4 Å². The largest absolute Gasteiger partial charge is 0.481 e. The standard InChI is InChI=1S/C22H31NO4/c24-20(17-18-9-4-3-5-10-18)15-14-19-11-8-12-21(25)23(19)16-7-2-1-6-13-22(26)27/h3-5,9-10,14-15,19-20,24H,1-2,6-8,11-13,16-17H2,(H,26,27)/t19-,20?/m1/s1. The molecule has 1 amide bonds. The number of aliphatic hydroxyl groups excluding tert-OH is 1. The molecule has 1 unspecified atom stereocenters. The molecule has 2 rings (SSSR count). The number of likely N-dealkylation sites (tertiary alicyclic amines) is 1. The Labute approximate surface area is 161 Å². The van der Waals surface area contributed by atoms with Crippen molar-refractivity contribution in [3.8, 4) is 0 Å².